The highest BCUT2D eigenvalue weighted by Crippen LogP contribution is 2.37. The van der Waals surface area contributed by atoms with Gasteiger partial charge in [-0.1, -0.05) is 25.5 Å². The molecule has 3 atom stereocenters. The van der Waals surface area contributed by atoms with E-state index >= 15 is 0 Å². The van der Waals surface area contributed by atoms with Gasteiger partial charge in [-0.25, -0.2) is 0 Å². The van der Waals surface area contributed by atoms with E-state index in [4.69, 9.17) is 0 Å². The molecule has 1 heterocycles. The third kappa shape index (κ3) is 2.82. The van der Waals surface area contributed by atoms with Crippen LogP contribution in [0.25, 0.3) is 0 Å². The van der Waals surface area contributed by atoms with Crippen molar-refractivity contribution in [3.63, 3.8) is 0 Å². The van der Waals surface area contributed by atoms with Gasteiger partial charge in [0.25, 0.3) is 0 Å². The van der Waals surface area contributed by atoms with Crippen molar-refractivity contribution >= 4 is 0 Å². The predicted molar refractivity (Wildman–Crippen MR) is 62.6 cm³/mol. The Bertz CT molecular complexity index is 239. The number of hydrogen-bond donors (Lipinski definition) is 2. The first-order valence-electron chi connectivity index (χ1n) is 6.24. The minimum atomic E-state index is -0.263. The maximum absolute atomic E-state index is 9.60. The minimum Gasteiger partial charge on any atom is -0.388 e. The van der Waals surface area contributed by atoms with E-state index in [1.54, 1.807) is 0 Å². The lowest BCUT2D eigenvalue weighted by molar-refractivity contribution is 0.199. The minimum absolute atomic E-state index is 0.263. The van der Waals surface area contributed by atoms with Gasteiger partial charge in [-0.2, -0.15) is 0 Å². The van der Waals surface area contributed by atoms with Crippen LogP contribution in [-0.4, -0.2) is 24.3 Å². The Morgan fingerprint density at radius 2 is 1.87 bits per heavy atom. The van der Waals surface area contributed by atoms with Crippen molar-refractivity contribution in [3.05, 3.63) is 11.6 Å². The second-order valence-corrected chi connectivity index (χ2v) is 5.55. The van der Waals surface area contributed by atoms with Gasteiger partial charge in [-0.05, 0) is 37.0 Å². The van der Waals surface area contributed by atoms with Gasteiger partial charge in [0.2, 0.25) is 0 Å². The number of rotatable bonds is 1. The molecule has 1 aliphatic carbocycles. The van der Waals surface area contributed by atoms with Gasteiger partial charge in [-0.15, -0.1) is 0 Å². The smallest absolute Gasteiger partial charge is 0.0848 e. The van der Waals surface area contributed by atoms with Crippen LogP contribution in [0.2, 0.25) is 0 Å². The predicted octanol–water partition coefficient (Wildman–Crippen LogP) is 1.95. The largest absolute Gasteiger partial charge is 0.388 e. The van der Waals surface area contributed by atoms with Crippen molar-refractivity contribution in [2.45, 2.75) is 39.2 Å². The van der Waals surface area contributed by atoms with Crippen molar-refractivity contribution in [1.82, 2.24) is 5.32 Å². The number of nitrogens with one attached hydrogen (secondary N) is 1. The summed E-state index contributed by atoms with van der Waals surface area (Å²) in [5.41, 5.74) is 1.45. The molecule has 2 nitrogen and oxygen atoms in total. The molecule has 15 heavy (non-hydrogen) atoms. The standard InChI is InChI=1S/C13H23NO/c1-9-3-10(2)5-11(4-9)12-6-13(15)8-14-7-12/h6,9-11,13-15H,3-5,7-8H2,1-2H3. The molecule has 3 unspecified atom stereocenters. The van der Waals surface area contributed by atoms with E-state index in [-0.39, 0.29) is 6.10 Å². The lowest BCUT2D eigenvalue weighted by atomic mass is 9.73. The second kappa shape index (κ2) is 4.67. The topological polar surface area (TPSA) is 32.3 Å². The quantitative estimate of drug-likeness (QED) is 0.647. The van der Waals surface area contributed by atoms with Crippen LogP contribution >= 0.6 is 0 Å². The third-order valence-electron chi connectivity index (χ3n) is 3.79. The van der Waals surface area contributed by atoms with E-state index in [1.165, 1.54) is 24.8 Å². The molecule has 0 bridgehead atoms. The van der Waals surface area contributed by atoms with Crippen molar-refractivity contribution in [2.75, 3.05) is 13.1 Å². The van der Waals surface area contributed by atoms with Crippen LogP contribution in [0.15, 0.2) is 11.6 Å². The molecule has 1 fully saturated rings. The first kappa shape index (κ1) is 11.2. The summed E-state index contributed by atoms with van der Waals surface area (Å²) in [6.45, 7) is 6.42. The Labute approximate surface area is 92.8 Å². The zero-order valence-corrected chi connectivity index (χ0v) is 9.87. The molecule has 1 saturated carbocycles. The summed E-state index contributed by atoms with van der Waals surface area (Å²) in [6, 6.07) is 0. The number of β-amino-alcohol motifs (C(OH)–C–C–N with tert-alkyl or cyclic N) is 1. The van der Waals surface area contributed by atoms with Crippen LogP contribution in [0.5, 0.6) is 0 Å². The highest BCUT2D eigenvalue weighted by Gasteiger charge is 2.27. The van der Waals surface area contributed by atoms with Crippen molar-refractivity contribution in [2.24, 2.45) is 17.8 Å². The van der Waals surface area contributed by atoms with E-state index in [0.717, 1.165) is 24.9 Å². The molecule has 0 aromatic heterocycles. The van der Waals surface area contributed by atoms with Crippen LogP contribution in [0.4, 0.5) is 0 Å². The van der Waals surface area contributed by atoms with Crippen LogP contribution < -0.4 is 5.32 Å². The average Bonchev–Trinajstić information content (AvgIpc) is 2.16. The fraction of sp³-hybridized carbons (Fsp3) is 0.846. The lowest BCUT2D eigenvalue weighted by Gasteiger charge is -2.35. The molecule has 0 aromatic carbocycles. The van der Waals surface area contributed by atoms with Crippen molar-refractivity contribution in [3.8, 4) is 0 Å². The lowest BCUT2D eigenvalue weighted by Crippen LogP contribution is -2.36. The van der Waals surface area contributed by atoms with E-state index in [0.29, 0.717) is 5.92 Å². The molecule has 0 spiro atoms. The molecule has 2 rings (SSSR count). The average molecular weight is 209 g/mol. The molecule has 0 radical (unpaired) electrons. The summed E-state index contributed by atoms with van der Waals surface area (Å²) >= 11 is 0. The monoisotopic (exact) mass is 209 g/mol. The van der Waals surface area contributed by atoms with Gasteiger partial charge in [0.15, 0.2) is 0 Å². The molecule has 1 aliphatic heterocycles. The molecule has 2 heteroatoms. The molecule has 0 saturated heterocycles. The molecule has 0 amide bonds. The Morgan fingerprint density at radius 1 is 1.20 bits per heavy atom. The van der Waals surface area contributed by atoms with Crippen molar-refractivity contribution in [1.29, 1.82) is 0 Å². The Kier molecular flexibility index (Phi) is 3.47. The molecule has 2 N–H and O–H groups in total. The maximum atomic E-state index is 9.60. The Morgan fingerprint density at radius 3 is 2.47 bits per heavy atom. The SMILES string of the molecule is CC1CC(C)CC(C2=CC(O)CNC2)C1. The van der Waals surface area contributed by atoms with Crippen LogP contribution in [0.3, 0.4) is 0 Å². The zero-order chi connectivity index (χ0) is 10.8. The summed E-state index contributed by atoms with van der Waals surface area (Å²) in [5.74, 6) is 2.41. The summed E-state index contributed by atoms with van der Waals surface area (Å²) in [7, 11) is 0. The van der Waals surface area contributed by atoms with E-state index in [1.807, 2.05) is 0 Å². The second-order valence-electron chi connectivity index (χ2n) is 5.55. The van der Waals surface area contributed by atoms with Gasteiger partial charge < -0.3 is 10.4 Å². The van der Waals surface area contributed by atoms with Gasteiger partial charge in [0.05, 0.1) is 6.10 Å². The fourth-order valence-electron chi connectivity index (χ4n) is 3.26. The summed E-state index contributed by atoms with van der Waals surface area (Å²) in [6.07, 6.45) is 5.82. The maximum Gasteiger partial charge on any atom is 0.0848 e. The number of aliphatic hydroxyl groups excluding tert-OH is 1. The van der Waals surface area contributed by atoms with Gasteiger partial charge in [0, 0.05) is 13.1 Å². The normalized spacial score (nSPS) is 42.5. The summed E-state index contributed by atoms with van der Waals surface area (Å²) < 4.78 is 0. The van der Waals surface area contributed by atoms with Gasteiger partial charge >= 0.3 is 0 Å². The number of aliphatic hydroxyl groups is 1. The fourth-order valence-corrected chi connectivity index (χ4v) is 3.26. The molecular formula is C13H23NO. The molecule has 86 valence electrons. The molecule has 2 aliphatic rings. The highest BCUT2D eigenvalue weighted by atomic mass is 16.3. The Balaban J connectivity index is 2.03. The van der Waals surface area contributed by atoms with Gasteiger partial charge in [-0.3, -0.25) is 0 Å². The summed E-state index contributed by atoms with van der Waals surface area (Å²) in [5, 5.41) is 12.9. The molecular weight excluding hydrogens is 186 g/mol. The highest BCUT2D eigenvalue weighted by molar-refractivity contribution is 5.15. The Hall–Kier alpha value is -0.340. The van der Waals surface area contributed by atoms with E-state index in [2.05, 4.69) is 25.2 Å². The van der Waals surface area contributed by atoms with Crippen LogP contribution in [0.1, 0.15) is 33.1 Å². The van der Waals surface area contributed by atoms with E-state index in [9.17, 15) is 5.11 Å². The van der Waals surface area contributed by atoms with Gasteiger partial charge in [0.1, 0.15) is 0 Å². The van der Waals surface area contributed by atoms with E-state index < -0.39 is 0 Å². The zero-order valence-electron chi connectivity index (χ0n) is 9.87. The number of hydrogen-bond acceptors (Lipinski definition) is 2. The molecule has 0 aromatic rings. The van der Waals surface area contributed by atoms with Crippen molar-refractivity contribution < 1.29 is 5.11 Å². The summed E-state index contributed by atoms with van der Waals surface area (Å²) in [4.78, 5) is 0. The first-order valence-corrected chi connectivity index (χ1v) is 6.24. The van der Waals surface area contributed by atoms with Crippen LogP contribution in [0, 0.1) is 17.8 Å². The first-order chi connectivity index (χ1) is 7.15. The van der Waals surface area contributed by atoms with Crippen LogP contribution in [-0.2, 0) is 0 Å². The third-order valence-corrected chi connectivity index (χ3v) is 3.79.